The lowest BCUT2D eigenvalue weighted by atomic mass is 10.2. The molecule has 1 saturated heterocycles. The number of rotatable bonds is 6. The van der Waals surface area contributed by atoms with Crippen LogP contribution in [0.5, 0.6) is 0 Å². The molecule has 1 aliphatic rings. The number of nitrogens with one attached hydrogen (secondary N) is 2. The second-order valence-electron chi connectivity index (χ2n) is 6.25. The van der Waals surface area contributed by atoms with Gasteiger partial charge in [0.2, 0.25) is 0 Å². The van der Waals surface area contributed by atoms with E-state index in [9.17, 15) is 0 Å². The Morgan fingerprint density at radius 2 is 2.15 bits per heavy atom. The van der Waals surface area contributed by atoms with E-state index < -0.39 is 0 Å². The largest absolute Gasteiger partial charge is 0.369 e. The molecule has 142 valence electrons. The molecule has 3 rings (SSSR count). The first kappa shape index (κ1) is 21.0. The number of hydrogen-bond acceptors (Lipinski definition) is 4. The Morgan fingerprint density at radius 1 is 1.35 bits per heavy atom. The highest BCUT2D eigenvalue weighted by Crippen LogP contribution is 2.19. The summed E-state index contributed by atoms with van der Waals surface area (Å²) in [5, 5.41) is 10.3. The first-order chi connectivity index (χ1) is 12.3. The maximum atomic E-state index is 4.61. The van der Waals surface area contributed by atoms with Crippen molar-refractivity contribution in [2.75, 3.05) is 31.6 Å². The van der Waals surface area contributed by atoms with E-state index in [1.165, 1.54) is 16.4 Å². The number of para-hydroxylation sites is 1. The fraction of sp³-hybridized carbons (Fsp3) is 0.474. The first-order valence-electron chi connectivity index (χ1n) is 8.99. The van der Waals surface area contributed by atoms with Crippen LogP contribution >= 0.6 is 35.3 Å². The van der Waals surface area contributed by atoms with Crippen LogP contribution in [-0.2, 0) is 12.8 Å². The Labute approximate surface area is 177 Å². The van der Waals surface area contributed by atoms with Crippen molar-refractivity contribution in [1.29, 1.82) is 0 Å². The maximum Gasteiger partial charge on any atom is 0.191 e. The first-order valence-corrected chi connectivity index (χ1v) is 9.87. The Bertz CT molecular complexity index is 688. The summed E-state index contributed by atoms with van der Waals surface area (Å²) in [5.74, 6) is 0.880. The number of aryl methyl sites for hydroxylation is 1. The van der Waals surface area contributed by atoms with Crippen molar-refractivity contribution in [3.05, 3.63) is 46.4 Å². The second-order valence-corrected chi connectivity index (χ2v) is 7.19. The monoisotopic (exact) mass is 485 g/mol. The summed E-state index contributed by atoms with van der Waals surface area (Å²) in [6, 6.07) is 11.0. The average Bonchev–Trinajstić information content (AvgIpc) is 3.31. The number of benzene rings is 1. The lowest BCUT2D eigenvalue weighted by molar-refractivity contribution is 0.647. The molecular weight excluding hydrogens is 457 g/mol. The van der Waals surface area contributed by atoms with Gasteiger partial charge in [0.15, 0.2) is 5.96 Å². The van der Waals surface area contributed by atoms with Crippen molar-refractivity contribution in [2.45, 2.75) is 32.2 Å². The smallest absolute Gasteiger partial charge is 0.191 e. The van der Waals surface area contributed by atoms with E-state index >= 15 is 0 Å². The molecule has 7 heteroatoms. The lowest BCUT2D eigenvalue weighted by Crippen LogP contribution is -2.45. The van der Waals surface area contributed by atoms with Gasteiger partial charge in [0.1, 0.15) is 0 Å². The lowest BCUT2D eigenvalue weighted by Gasteiger charge is -2.20. The predicted molar refractivity (Wildman–Crippen MR) is 122 cm³/mol. The van der Waals surface area contributed by atoms with Crippen LogP contribution in [0.3, 0.4) is 0 Å². The summed E-state index contributed by atoms with van der Waals surface area (Å²) < 4.78 is 0. The van der Waals surface area contributed by atoms with Crippen molar-refractivity contribution >= 4 is 47.0 Å². The molecule has 0 amide bonds. The summed E-state index contributed by atoms with van der Waals surface area (Å²) in [4.78, 5) is 11.4. The van der Waals surface area contributed by atoms with E-state index in [2.05, 4.69) is 68.1 Å². The number of guanidine groups is 1. The number of thiazole rings is 1. The minimum atomic E-state index is 0. The van der Waals surface area contributed by atoms with Crippen LogP contribution in [0, 0.1) is 0 Å². The topological polar surface area (TPSA) is 52.6 Å². The summed E-state index contributed by atoms with van der Waals surface area (Å²) in [6.45, 7) is 5.09. The molecule has 1 atom stereocenters. The van der Waals surface area contributed by atoms with Gasteiger partial charge in [-0.1, -0.05) is 25.1 Å². The highest BCUT2D eigenvalue weighted by atomic mass is 127. The minimum absolute atomic E-state index is 0. The fourth-order valence-electron chi connectivity index (χ4n) is 3.07. The van der Waals surface area contributed by atoms with Gasteiger partial charge < -0.3 is 15.5 Å². The van der Waals surface area contributed by atoms with E-state index in [1.807, 2.05) is 7.05 Å². The van der Waals surface area contributed by atoms with E-state index in [-0.39, 0.29) is 24.0 Å². The summed E-state index contributed by atoms with van der Waals surface area (Å²) in [5.41, 5.74) is 2.46. The molecule has 0 radical (unpaired) electrons. The van der Waals surface area contributed by atoms with E-state index in [0.29, 0.717) is 6.04 Å². The molecule has 0 bridgehead atoms. The third-order valence-electron chi connectivity index (χ3n) is 4.45. The summed E-state index contributed by atoms with van der Waals surface area (Å²) >= 11 is 1.75. The van der Waals surface area contributed by atoms with Gasteiger partial charge in [-0.15, -0.1) is 35.3 Å². The predicted octanol–water partition coefficient (Wildman–Crippen LogP) is 3.31. The molecule has 1 aliphatic heterocycles. The van der Waals surface area contributed by atoms with Crippen molar-refractivity contribution in [1.82, 2.24) is 15.6 Å². The molecule has 1 aromatic heterocycles. The molecular formula is C19H28IN5S. The summed E-state index contributed by atoms with van der Waals surface area (Å²) in [6.07, 6.45) is 3.07. The van der Waals surface area contributed by atoms with Gasteiger partial charge in [-0.3, -0.25) is 4.99 Å². The van der Waals surface area contributed by atoms with Gasteiger partial charge in [-0.2, -0.15) is 0 Å². The minimum Gasteiger partial charge on any atom is -0.369 e. The van der Waals surface area contributed by atoms with Crippen LogP contribution < -0.4 is 15.5 Å². The number of hydrogen-bond donors (Lipinski definition) is 2. The quantitative estimate of drug-likeness (QED) is 0.375. The molecule has 0 saturated carbocycles. The normalized spacial score (nSPS) is 17.1. The van der Waals surface area contributed by atoms with Gasteiger partial charge in [0, 0.05) is 50.2 Å². The molecule has 0 aliphatic carbocycles. The van der Waals surface area contributed by atoms with E-state index in [0.717, 1.165) is 44.9 Å². The zero-order valence-electron chi connectivity index (χ0n) is 15.4. The third kappa shape index (κ3) is 5.84. The number of nitrogens with zero attached hydrogens (tertiary/aromatic N) is 3. The summed E-state index contributed by atoms with van der Waals surface area (Å²) in [7, 11) is 1.83. The molecule has 2 aromatic rings. The van der Waals surface area contributed by atoms with Crippen LogP contribution in [0.1, 0.15) is 24.0 Å². The molecule has 26 heavy (non-hydrogen) atoms. The number of aliphatic imine (C=N–C) groups is 1. The second kappa shape index (κ2) is 10.7. The molecule has 1 aromatic carbocycles. The zero-order chi connectivity index (χ0) is 17.5. The van der Waals surface area contributed by atoms with Crippen LogP contribution in [-0.4, -0.2) is 43.7 Å². The third-order valence-corrected chi connectivity index (χ3v) is 5.49. The Kier molecular flexibility index (Phi) is 8.64. The molecule has 2 N–H and O–H groups in total. The average molecular weight is 485 g/mol. The van der Waals surface area contributed by atoms with Crippen LogP contribution in [0.2, 0.25) is 0 Å². The van der Waals surface area contributed by atoms with Gasteiger partial charge >= 0.3 is 0 Å². The molecule has 2 heterocycles. The van der Waals surface area contributed by atoms with Crippen molar-refractivity contribution in [3.63, 3.8) is 0 Å². The van der Waals surface area contributed by atoms with E-state index in [4.69, 9.17) is 0 Å². The van der Waals surface area contributed by atoms with Crippen molar-refractivity contribution in [2.24, 2.45) is 4.99 Å². The Morgan fingerprint density at radius 3 is 2.85 bits per heavy atom. The van der Waals surface area contributed by atoms with Crippen molar-refractivity contribution in [3.8, 4) is 0 Å². The highest BCUT2D eigenvalue weighted by molar-refractivity contribution is 14.0. The van der Waals surface area contributed by atoms with Crippen LogP contribution in [0.25, 0.3) is 0 Å². The highest BCUT2D eigenvalue weighted by Gasteiger charge is 2.23. The number of anilines is 1. The van der Waals surface area contributed by atoms with Crippen molar-refractivity contribution < 1.29 is 0 Å². The zero-order valence-corrected chi connectivity index (χ0v) is 18.6. The fourth-order valence-corrected chi connectivity index (χ4v) is 3.85. The molecule has 1 fully saturated rings. The SMILES string of the molecule is CCc1nc(CCNC(=NC)NC2CCN(c3ccccc3)C2)cs1.I. The van der Waals surface area contributed by atoms with Gasteiger partial charge in [0.05, 0.1) is 10.7 Å². The standard InChI is InChI=1S/C19H27N5S.HI/c1-3-18-22-16(14-25-18)9-11-21-19(20-2)23-15-10-12-24(13-15)17-7-5-4-6-8-17;/h4-8,14-15H,3,9-13H2,1-2H3,(H2,20,21,23);1H. The van der Waals surface area contributed by atoms with E-state index in [1.54, 1.807) is 11.3 Å². The molecule has 5 nitrogen and oxygen atoms in total. The molecule has 0 spiro atoms. The Balaban J connectivity index is 0.00000243. The number of aromatic nitrogens is 1. The number of halogens is 1. The van der Waals surface area contributed by atoms with Crippen LogP contribution in [0.15, 0.2) is 40.7 Å². The van der Waals surface area contributed by atoms with Gasteiger partial charge in [-0.05, 0) is 25.0 Å². The maximum absolute atomic E-state index is 4.61. The van der Waals surface area contributed by atoms with Gasteiger partial charge in [0.25, 0.3) is 0 Å². The van der Waals surface area contributed by atoms with Gasteiger partial charge in [-0.25, -0.2) is 4.98 Å². The Hall–Kier alpha value is -1.35. The molecule has 1 unspecified atom stereocenters. The van der Waals surface area contributed by atoms with Crippen LogP contribution in [0.4, 0.5) is 5.69 Å².